The van der Waals surface area contributed by atoms with E-state index in [2.05, 4.69) is 46.2 Å². The SMILES string of the molecule is CC(C)c1ncc(C[C@H]2CCCn3ccnc32)n1C. The first kappa shape index (κ1) is 12.5. The largest absolute Gasteiger partial charge is 0.335 e. The highest BCUT2D eigenvalue weighted by Crippen LogP contribution is 2.29. The van der Waals surface area contributed by atoms with Gasteiger partial charge in [-0.1, -0.05) is 13.8 Å². The van der Waals surface area contributed by atoms with E-state index in [1.54, 1.807) is 0 Å². The molecule has 1 aliphatic heterocycles. The molecule has 0 unspecified atom stereocenters. The molecule has 0 aromatic carbocycles. The summed E-state index contributed by atoms with van der Waals surface area (Å²) in [5.41, 5.74) is 1.32. The van der Waals surface area contributed by atoms with Crippen LogP contribution in [0.3, 0.4) is 0 Å². The van der Waals surface area contributed by atoms with E-state index in [1.165, 1.54) is 30.2 Å². The summed E-state index contributed by atoms with van der Waals surface area (Å²) >= 11 is 0. The Morgan fingerprint density at radius 1 is 1.37 bits per heavy atom. The molecule has 3 heterocycles. The van der Waals surface area contributed by atoms with E-state index in [-0.39, 0.29) is 0 Å². The first-order valence-corrected chi connectivity index (χ1v) is 7.18. The minimum absolute atomic E-state index is 0.479. The zero-order valence-corrected chi connectivity index (χ0v) is 12.0. The summed E-state index contributed by atoms with van der Waals surface area (Å²) in [5, 5.41) is 0. The summed E-state index contributed by atoms with van der Waals surface area (Å²) in [7, 11) is 2.13. The molecule has 0 saturated heterocycles. The monoisotopic (exact) mass is 258 g/mol. The molecule has 0 amide bonds. The Morgan fingerprint density at radius 2 is 2.21 bits per heavy atom. The first-order chi connectivity index (χ1) is 9.16. The predicted molar refractivity (Wildman–Crippen MR) is 75.2 cm³/mol. The molecule has 4 heteroatoms. The lowest BCUT2D eigenvalue weighted by molar-refractivity contribution is 0.435. The average Bonchev–Trinajstić information content (AvgIpc) is 2.97. The summed E-state index contributed by atoms with van der Waals surface area (Å²) in [6, 6.07) is 0. The van der Waals surface area contributed by atoms with Crippen LogP contribution in [0.1, 0.15) is 55.9 Å². The Balaban J connectivity index is 1.84. The van der Waals surface area contributed by atoms with Gasteiger partial charge in [-0.25, -0.2) is 9.97 Å². The second-order valence-corrected chi connectivity index (χ2v) is 5.84. The molecule has 3 rings (SSSR count). The number of aryl methyl sites for hydroxylation is 1. The summed E-state index contributed by atoms with van der Waals surface area (Å²) in [6.07, 6.45) is 9.60. The minimum atomic E-state index is 0.479. The number of hydrogen-bond donors (Lipinski definition) is 0. The van der Waals surface area contributed by atoms with Crippen LogP contribution in [0.4, 0.5) is 0 Å². The van der Waals surface area contributed by atoms with Gasteiger partial charge in [0.1, 0.15) is 11.6 Å². The minimum Gasteiger partial charge on any atom is -0.335 e. The normalized spacial score (nSPS) is 18.8. The van der Waals surface area contributed by atoms with E-state index < -0.39 is 0 Å². The molecule has 0 N–H and O–H groups in total. The molecule has 102 valence electrons. The number of rotatable bonds is 3. The van der Waals surface area contributed by atoms with Crippen molar-refractivity contribution in [2.24, 2.45) is 7.05 Å². The van der Waals surface area contributed by atoms with Gasteiger partial charge in [-0.3, -0.25) is 0 Å². The third-order valence-electron chi connectivity index (χ3n) is 4.16. The second-order valence-electron chi connectivity index (χ2n) is 5.84. The Hall–Kier alpha value is -1.58. The van der Waals surface area contributed by atoms with Crippen molar-refractivity contribution < 1.29 is 0 Å². The van der Waals surface area contributed by atoms with Crippen molar-refractivity contribution in [3.63, 3.8) is 0 Å². The van der Waals surface area contributed by atoms with Crippen LogP contribution in [-0.4, -0.2) is 19.1 Å². The molecule has 19 heavy (non-hydrogen) atoms. The fraction of sp³-hybridized carbons (Fsp3) is 0.600. The molecular formula is C15H22N4. The van der Waals surface area contributed by atoms with Gasteiger partial charge in [-0.15, -0.1) is 0 Å². The zero-order chi connectivity index (χ0) is 13.4. The van der Waals surface area contributed by atoms with Crippen LogP contribution in [0, 0.1) is 0 Å². The summed E-state index contributed by atoms with van der Waals surface area (Å²) in [4.78, 5) is 9.10. The van der Waals surface area contributed by atoms with Crippen LogP contribution in [0.25, 0.3) is 0 Å². The average molecular weight is 258 g/mol. The Morgan fingerprint density at radius 3 is 2.95 bits per heavy atom. The first-order valence-electron chi connectivity index (χ1n) is 7.18. The molecule has 1 aliphatic rings. The number of hydrogen-bond acceptors (Lipinski definition) is 2. The lowest BCUT2D eigenvalue weighted by atomic mass is 9.94. The smallest absolute Gasteiger partial charge is 0.112 e. The lowest BCUT2D eigenvalue weighted by Crippen LogP contribution is -2.18. The molecule has 1 atom stereocenters. The van der Waals surface area contributed by atoms with Crippen LogP contribution < -0.4 is 0 Å². The second kappa shape index (κ2) is 4.83. The van der Waals surface area contributed by atoms with E-state index in [4.69, 9.17) is 0 Å². The van der Waals surface area contributed by atoms with Crippen molar-refractivity contribution in [1.82, 2.24) is 19.1 Å². The van der Waals surface area contributed by atoms with Crippen LogP contribution in [0.5, 0.6) is 0 Å². The van der Waals surface area contributed by atoms with Gasteiger partial charge in [-0.2, -0.15) is 0 Å². The van der Waals surface area contributed by atoms with Crippen LogP contribution in [0.2, 0.25) is 0 Å². The summed E-state index contributed by atoms with van der Waals surface area (Å²) in [5.74, 6) is 3.44. The van der Waals surface area contributed by atoms with Crippen molar-refractivity contribution in [1.29, 1.82) is 0 Å². The molecule has 2 aromatic heterocycles. The highest BCUT2D eigenvalue weighted by Gasteiger charge is 2.23. The van der Waals surface area contributed by atoms with E-state index in [0.717, 1.165) is 13.0 Å². The van der Waals surface area contributed by atoms with Gasteiger partial charge < -0.3 is 9.13 Å². The van der Waals surface area contributed by atoms with Crippen molar-refractivity contribution >= 4 is 0 Å². The van der Waals surface area contributed by atoms with Gasteiger partial charge in [0, 0.05) is 49.7 Å². The lowest BCUT2D eigenvalue weighted by Gasteiger charge is -2.23. The van der Waals surface area contributed by atoms with E-state index in [1.807, 2.05) is 12.4 Å². The molecule has 0 spiro atoms. The molecule has 0 radical (unpaired) electrons. The highest BCUT2D eigenvalue weighted by molar-refractivity contribution is 5.13. The van der Waals surface area contributed by atoms with Crippen molar-refractivity contribution in [3.05, 3.63) is 35.9 Å². The molecule has 0 bridgehead atoms. The quantitative estimate of drug-likeness (QED) is 0.848. The Kier molecular flexibility index (Phi) is 3.17. The Labute approximate surface area is 114 Å². The van der Waals surface area contributed by atoms with Crippen molar-refractivity contribution in [2.45, 2.75) is 51.5 Å². The van der Waals surface area contributed by atoms with E-state index in [0.29, 0.717) is 11.8 Å². The molecule has 0 fully saturated rings. The van der Waals surface area contributed by atoms with Crippen LogP contribution in [-0.2, 0) is 20.0 Å². The van der Waals surface area contributed by atoms with Gasteiger partial charge in [0.2, 0.25) is 0 Å². The fourth-order valence-corrected chi connectivity index (χ4v) is 3.14. The van der Waals surface area contributed by atoms with Gasteiger partial charge in [-0.05, 0) is 19.3 Å². The van der Waals surface area contributed by atoms with Crippen molar-refractivity contribution in [2.75, 3.05) is 0 Å². The maximum atomic E-state index is 4.56. The van der Waals surface area contributed by atoms with Gasteiger partial charge >= 0.3 is 0 Å². The molecule has 0 aliphatic carbocycles. The topological polar surface area (TPSA) is 35.6 Å². The standard InChI is InChI=1S/C15H22N4/c1-11(2)14-17-10-13(18(14)3)9-12-5-4-7-19-8-6-16-15(12)19/h6,8,10-12H,4-5,7,9H2,1-3H3/t12-/m1/s1. The summed E-state index contributed by atoms with van der Waals surface area (Å²) in [6.45, 7) is 5.51. The molecule has 0 saturated carbocycles. The Bertz CT molecular complexity index is 564. The zero-order valence-electron chi connectivity index (χ0n) is 12.0. The summed E-state index contributed by atoms with van der Waals surface area (Å²) < 4.78 is 4.56. The van der Waals surface area contributed by atoms with Crippen LogP contribution in [0.15, 0.2) is 18.6 Å². The van der Waals surface area contributed by atoms with Crippen LogP contribution >= 0.6 is 0 Å². The highest BCUT2D eigenvalue weighted by atomic mass is 15.1. The van der Waals surface area contributed by atoms with E-state index >= 15 is 0 Å². The fourth-order valence-electron chi connectivity index (χ4n) is 3.14. The maximum Gasteiger partial charge on any atom is 0.112 e. The van der Waals surface area contributed by atoms with Gasteiger partial charge in [0.05, 0.1) is 0 Å². The van der Waals surface area contributed by atoms with E-state index in [9.17, 15) is 0 Å². The van der Waals surface area contributed by atoms with Gasteiger partial charge in [0.15, 0.2) is 0 Å². The molecule has 2 aromatic rings. The predicted octanol–water partition coefficient (Wildman–Crippen LogP) is 2.86. The molecular weight excluding hydrogens is 236 g/mol. The number of imidazole rings is 2. The molecule has 4 nitrogen and oxygen atoms in total. The number of aromatic nitrogens is 4. The third kappa shape index (κ3) is 2.20. The number of nitrogens with zero attached hydrogens (tertiary/aromatic N) is 4. The third-order valence-corrected chi connectivity index (χ3v) is 4.16. The van der Waals surface area contributed by atoms with Gasteiger partial charge in [0.25, 0.3) is 0 Å². The number of fused-ring (bicyclic) bond motifs is 1. The van der Waals surface area contributed by atoms with Crippen molar-refractivity contribution in [3.8, 4) is 0 Å². The maximum absolute atomic E-state index is 4.56.